The summed E-state index contributed by atoms with van der Waals surface area (Å²) in [5.41, 5.74) is 2.90. The van der Waals surface area contributed by atoms with Crippen LogP contribution in [0.25, 0.3) is 11.3 Å². The monoisotopic (exact) mass is 429 g/mol. The van der Waals surface area contributed by atoms with Crippen molar-refractivity contribution in [3.63, 3.8) is 0 Å². The number of hydrogen-bond donors (Lipinski definition) is 1. The summed E-state index contributed by atoms with van der Waals surface area (Å²) in [6.45, 7) is 3.70. The molecule has 2 aromatic carbocycles. The molecule has 1 N–H and O–H groups in total. The summed E-state index contributed by atoms with van der Waals surface area (Å²) in [5, 5.41) is 6.84. The fourth-order valence-corrected chi connectivity index (χ4v) is 3.74. The molecule has 0 bridgehead atoms. The van der Waals surface area contributed by atoms with E-state index < -0.39 is 11.7 Å². The van der Waals surface area contributed by atoms with Gasteiger partial charge in [0, 0.05) is 24.2 Å². The molecule has 0 aliphatic carbocycles. The first kappa shape index (κ1) is 21.0. The van der Waals surface area contributed by atoms with Gasteiger partial charge in [0.2, 0.25) is 0 Å². The number of hydrogen-bond acceptors (Lipinski definition) is 3. The van der Waals surface area contributed by atoms with E-state index in [1.54, 1.807) is 18.3 Å². The molecule has 0 saturated carbocycles. The van der Waals surface area contributed by atoms with Crippen LogP contribution >= 0.6 is 0 Å². The van der Waals surface area contributed by atoms with Crippen LogP contribution in [0.1, 0.15) is 40.4 Å². The highest BCUT2D eigenvalue weighted by atomic mass is 19.4. The Hall–Kier alpha value is -3.29. The van der Waals surface area contributed by atoms with E-state index in [9.17, 15) is 18.0 Å². The topological polar surface area (TPSA) is 58.2 Å². The van der Waals surface area contributed by atoms with Gasteiger partial charge in [0.25, 0.3) is 5.91 Å². The van der Waals surface area contributed by atoms with Crippen molar-refractivity contribution in [1.29, 1.82) is 0 Å². The van der Waals surface area contributed by atoms with Crippen LogP contribution in [0.15, 0.2) is 48.7 Å². The van der Waals surface area contributed by atoms with Crippen molar-refractivity contribution in [2.75, 3.05) is 13.1 Å². The van der Waals surface area contributed by atoms with Crippen molar-refractivity contribution in [1.82, 2.24) is 15.1 Å². The number of nitrogens with zero attached hydrogens (tertiary/aromatic N) is 2. The third-order valence-electron chi connectivity index (χ3n) is 5.35. The van der Waals surface area contributed by atoms with Gasteiger partial charge in [0.05, 0.1) is 17.5 Å². The van der Waals surface area contributed by atoms with Gasteiger partial charge in [0.1, 0.15) is 12.4 Å². The molecule has 0 saturated heterocycles. The highest BCUT2D eigenvalue weighted by molar-refractivity contribution is 5.96. The molecule has 0 atom stereocenters. The van der Waals surface area contributed by atoms with Crippen LogP contribution in [0.4, 0.5) is 13.2 Å². The van der Waals surface area contributed by atoms with E-state index in [1.165, 1.54) is 12.1 Å². The number of aromatic nitrogens is 2. The molecule has 1 aliphatic rings. The van der Waals surface area contributed by atoms with Gasteiger partial charge in [0.15, 0.2) is 0 Å². The van der Waals surface area contributed by atoms with E-state index in [4.69, 9.17) is 4.74 Å². The number of amides is 1. The largest absolute Gasteiger partial charge is 0.489 e. The van der Waals surface area contributed by atoms with Crippen LogP contribution in [0, 0.1) is 0 Å². The number of rotatable bonds is 6. The first-order chi connectivity index (χ1) is 14.9. The van der Waals surface area contributed by atoms with Gasteiger partial charge in [-0.05, 0) is 54.3 Å². The molecule has 162 valence electrons. The molecule has 1 aromatic heterocycles. The maximum atomic E-state index is 12.8. The lowest BCUT2D eigenvalue weighted by Gasteiger charge is -2.28. The van der Waals surface area contributed by atoms with Crippen LogP contribution in [0.3, 0.4) is 0 Å². The number of ether oxygens (including phenoxy) is 1. The normalized spacial score (nSPS) is 13.9. The number of H-pyrrole nitrogens is 1. The molecule has 0 fully saturated rings. The Morgan fingerprint density at radius 2 is 1.94 bits per heavy atom. The average Bonchev–Trinajstić information content (AvgIpc) is 3.22. The maximum Gasteiger partial charge on any atom is 0.416 e. The number of aromatic amines is 1. The Balaban J connectivity index is 1.47. The Morgan fingerprint density at radius 1 is 1.16 bits per heavy atom. The van der Waals surface area contributed by atoms with Crippen molar-refractivity contribution in [3.8, 4) is 17.0 Å². The molecule has 5 nitrogen and oxygen atoms in total. The van der Waals surface area contributed by atoms with Crippen molar-refractivity contribution >= 4 is 5.91 Å². The van der Waals surface area contributed by atoms with Crippen LogP contribution < -0.4 is 4.74 Å². The molecular formula is C23H22F3N3O2. The molecule has 2 heterocycles. The van der Waals surface area contributed by atoms with Crippen LogP contribution in [-0.4, -0.2) is 34.1 Å². The van der Waals surface area contributed by atoms with Crippen molar-refractivity contribution in [2.24, 2.45) is 0 Å². The molecule has 8 heteroatoms. The van der Waals surface area contributed by atoms with E-state index in [0.29, 0.717) is 29.1 Å². The van der Waals surface area contributed by atoms with Gasteiger partial charge in [-0.3, -0.25) is 9.89 Å². The number of carbonyl (C=O) groups excluding carboxylic acids is 1. The quantitative estimate of drug-likeness (QED) is 0.594. The molecule has 1 aliphatic heterocycles. The zero-order valence-corrected chi connectivity index (χ0v) is 17.0. The van der Waals surface area contributed by atoms with E-state index >= 15 is 0 Å². The Kier molecular flexibility index (Phi) is 5.71. The third-order valence-corrected chi connectivity index (χ3v) is 5.35. The summed E-state index contributed by atoms with van der Waals surface area (Å²) < 4.78 is 44.3. The van der Waals surface area contributed by atoms with E-state index in [0.717, 1.165) is 42.6 Å². The lowest BCUT2D eigenvalue weighted by molar-refractivity contribution is -0.137. The van der Waals surface area contributed by atoms with E-state index in [2.05, 4.69) is 17.1 Å². The highest BCUT2D eigenvalue weighted by Gasteiger charge is 2.30. The predicted octanol–water partition coefficient (Wildman–Crippen LogP) is 5.08. The van der Waals surface area contributed by atoms with Crippen LogP contribution in [-0.2, 0) is 19.2 Å². The minimum absolute atomic E-state index is 0.0501. The van der Waals surface area contributed by atoms with Gasteiger partial charge in [-0.2, -0.15) is 18.3 Å². The lowest BCUT2D eigenvalue weighted by atomic mass is 9.98. The number of nitrogens with one attached hydrogen (secondary N) is 1. The Morgan fingerprint density at radius 3 is 2.65 bits per heavy atom. The second-order valence-electron chi connectivity index (χ2n) is 7.50. The van der Waals surface area contributed by atoms with Crippen molar-refractivity contribution in [3.05, 3.63) is 70.9 Å². The van der Waals surface area contributed by atoms with E-state index in [1.807, 2.05) is 11.0 Å². The maximum absolute atomic E-state index is 12.8. The Bertz CT molecular complexity index is 1070. The fourth-order valence-electron chi connectivity index (χ4n) is 3.74. The van der Waals surface area contributed by atoms with Gasteiger partial charge in [-0.25, -0.2) is 0 Å². The minimum atomic E-state index is -4.38. The molecule has 31 heavy (non-hydrogen) atoms. The van der Waals surface area contributed by atoms with E-state index in [-0.39, 0.29) is 12.5 Å². The second-order valence-corrected chi connectivity index (χ2v) is 7.50. The average molecular weight is 429 g/mol. The van der Waals surface area contributed by atoms with Gasteiger partial charge in [-0.1, -0.05) is 19.1 Å². The number of fused-ring (bicyclic) bond motifs is 1. The Labute approximate surface area is 177 Å². The standard InChI is InChI=1S/C23H22F3N3O2/c1-2-10-29-11-9-16-12-19(7-8-20(16)22(29)30)31-14-17-13-27-28-21(17)15-3-5-18(6-4-15)23(24,25)26/h3-8,12-13H,2,9-11,14H2,1H3,(H,27,28). The molecule has 4 rings (SSSR count). The minimum Gasteiger partial charge on any atom is -0.489 e. The predicted molar refractivity (Wildman–Crippen MR) is 110 cm³/mol. The first-order valence-electron chi connectivity index (χ1n) is 10.1. The molecule has 3 aromatic rings. The lowest BCUT2D eigenvalue weighted by Crippen LogP contribution is -2.37. The highest BCUT2D eigenvalue weighted by Crippen LogP contribution is 2.31. The summed E-state index contributed by atoms with van der Waals surface area (Å²) in [6.07, 6.45) is -1.08. The molecule has 0 unspecified atom stereocenters. The van der Waals surface area contributed by atoms with Gasteiger partial charge < -0.3 is 9.64 Å². The van der Waals surface area contributed by atoms with Crippen LogP contribution in [0.2, 0.25) is 0 Å². The number of alkyl halides is 3. The number of carbonyl (C=O) groups is 1. The van der Waals surface area contributed by atoms with Gasteiger partial charge in [-0.15, -0.1) is 0 Å². The summed E-state index contributed by atoms with van der Waals surface area (Å²) in [6, 6.07) is 10.4. The summed E-state index contributed by atoms with van der Waals surface area (Å²) >= 11 is 0. The zero-order valence-electron chi connectivity index (χ0n) is 17.0. The molecule has 1 amide bonds. The first-order valence-corrected chi connectivity index (χ1v) is 10.1. The van der Waals surface area contributed by atoms with Crippen LogP contribution in [0.5, 0.6) is 5.75 Å². The smallest absolute Gasteiger partial charge is 0.416 e. The fraction of sp³-hybridized carbons (Fsp3) is 0.304. The summed E-state index contributed by atoms with van der Waals surface area (Å²) in [4.78, 5) is 14.4. The SMILES string of the molecule is CCCN1CCc2cc(OCc3cn[nH]c3-c3ccc(C(F)(F)F)cc3)ccc2C1=O. The third kappa shape index (κ3) is 4.42. The zero-order chi connectivity index (χ0) is 22.0. The van der Waals surface area contributed by atoms with Gasteiger partial charge >= 0.3 is 6.18 Å². The molecule has 0 radical (unpaired) electrons. The summed E-state index contributed by atoms with van der Waals surface area (Å²) in [7, 11) is 0. The number of halogens is 3. The van der Waals surface area contributed by atoms with Crippen molar-refractivity contribution < 1.29 is 22.7 Å². The van der Waals surface area contributed by atoms with Crippen molar-refractivity contribution in [2.45, 2.75) is 32.5 Å². The summed E-state index contributed by atoms with van der Waals surface area (Å²) in [5.74, 6) is 0.684. The molecular weight excluding hydrogens is 407 g/mol. The second kappa shape index (κ2) is 8.45. The number of benzene rings is 2. The molecule has 0 spiro atoms.